The average molecular weight is 545 g/mol. The molecule has 7 N–H and O–H groups in total. The van der Waals surface area contributed by atoms with Crippen molar-refractivity contribution in [3.05, 3.63) is 77.8 Å². The van der Waals surface area contributed by atoms with Gasteiger partial charge in [0.2, 0.25) is 0 Å². The van der Waals surface area contributed by atoms with Crippen LogP contribution in [-0.4, -0.2) is 28.5 Å². The Balaban J connectivity index is 0.000000579. The number of hydrazine groups is 1. The topological polar surface area (TPSA) is 143 Å². The molecule has 204 valence electrons. The second-order valence-corrected chi connectivity index (χ2v) is 7.27. The van der Waals surface area contributed by atoms with Crippen LogP contribution in [0, 0.1) is 13.8 Å². The third kappa shape index (κ3) is 13.7. The Bertz CT molecular complexity index is 1150. The fourth-order valence-electron chi connectivity index (χ4n) is 2.68. The summed E-state index contributed by atoms with van der Waals surface area (Å²) >= 11 is 0. The number of aromatic nitrogens is 2. The number of aryl methyl sites for hydroxylation is 2. The first kappa shape index (κ1) is 33.1. The number of alkyl halides is 3. The van der Waals surface area contributed by atoms with E-state index in [9.17, 15) is 18.0 Å². The molecule has 0 atom stereocenters. The van der Waals surface area contributed by atoms with Crippen LogP contribution in [0.25, 0.3) is 5.69 Å². The van der Waals surface area contributed by atoms with Gasteiger partial charge in [0.05, 0.1) is 18.0 Å². The molecule has 1 heterocycles. The Morgan fingerprint density at radius 1 is 1.14 bits per heavy atom. The molecule has 0 aliphatic rings. The maximum Gasteiger partial charge on any atom is 0.573 e. The highest BCUT2D eigenvalue weighted by Crippen LogP contribution is 2.25. The molecule has 0 aliphatic heterocycles. The van der Waals surface area contributed by atoms with E-state index >= 15 is 0 Å². The zero-order valence-corrected chi connectivity index (χ0v) is 21.7. The van der Waals surface area contributed by atoms with Gasteiger partial charge in [0.15, 0.2) is 11.7 Å². The lowest BCUT2D eigenvalue weighted by molar-refractivity contribution is -0.274. The van der Waals surface area contributed by atoms with Crippen molar-refractivity contribution in [1.82, 2.24) is 9.78 Å². The Kier molecular flexibility index (Phi) is 14.3. The number of rotatable bonds is 6. The van der Waals surface area contributed by atoms with Gasteiger partial charge < -0.3 is 26.4 Å². The minimum atomic E-state index is -4.72. The van der Waals surface area contributed by atoms with Crippen molar-refractivity contribution in [2.24, 2.45) is 11.6 Å². The summed E-state index contributed by atoms with van der Waals surface area (Å²) in [5.41, 5.74) is 16.7. The van der Waals surface area contributed by atoms with Gasteiger partial charge in [-0.2, -0.15) is 5.10 Å². The van der Waals surface area contributed by atoms with Gasteiger partial charge in [0, 0.05) is 23.9 Å². The third-order valence-electron chi connectivity index (χ3n) is 4.00. The number of allylic oxidation sites excluding steroid dienone is 1. The predicted molar refractivity (Wildman–Crippen MR) is 140 cm³/mol. The molecule has 0 unspecified atom stereocenters. The molecule has 37 heavy (non-hydrogen) atoms. The largest absolute Gasteiger partial charge is 0.573 e. The molecular weight excluding hydrogens is 513 g/mol. The molecule has 3 rings (SSSR count). The zero-order valence-electron chi connectivity index (χ0n) is 20.9. The van der Waals surface area contributed by atoms with E-state index in [1.807, 2.05) is 31.2 Å². The molecule has 2 aromatic carbocycles. The van der Waals surface area contributed by atoms with Gasteiger partial charge in [-0.15, -0.1) is 25.6 Å². The number of hydrogen-bond acceptors (Lipinski definition) is 8. The highest BCUT2D eigenvalue weighted by molar-refractivity contribution is 5.87. The van der Waals surface area contributed by atoms with E-state index in [4.69, 9.17) is 22.0 Å². The summed E-state index contributed by atoms with van der Waals surface area (Å²) in [7, 11) is 0. The van der Waals surface area contributed by atoms with Crippen LogP contribution < -0.4 is 27.5 Å². The molecule has 0 saturated carbocycles. The predicted octanol–water partition coefficient (Wildman–Crippen LogP) is 4.78. The summed E-state index contributed by atoms with van der Waals surface area (Å²) in [5.74, 6) is 5.29. The SMILES string of the molecule is CCO/C(N)=C/C(C)=O.Cc1cc(N)n(-c2cccc(OC(F)(F)F)c2)n1.Cc1cccc(NN)c1.Cl. The van der Waals surface area contributed by atoms with Gasteiger partial charge in [-0.25, -0.2) is 4.68 Å². The molecule has 0 bridgehead atoms. The Morgan fingerprint density at radius 3 is 2.24 bits per heavy atom. The number of ketones is 1. The molecule has 0 fully saturated rings. The third-order valence-corrected chi connectivity index (χ3v) is 4.00. The maximum absolute atomic E-state index is 12.1. The van der Waals surface area contributed by atoms with E-state index in [0.29, 0.717) is 23.8 Å². The van der Waals surface area contributed by atoms with Crippen molar-refractivity contribution < 1.29 is 27.4 Å². The van der Waals surface area contributed by atoms with Crippen LogP contribution in [0.3, 0.4) is 0 Å². The first-order valence-corrected chi connectivity index (χ1v) is 10.7. The number of nitrogens with zero attached hydrogens (tertiary/aromatic N) is 2. The molecule has 1 aromatic heterocycles. The average Bonchev–Trinajstić information content (AvgIpc) is 3.11. The molecule has 0 spiro atoms. The molecule has 9 nitrogen and oxygen atoms in total. The molecule has 0 amide bonds. The smallest absolute Gasteiger partial charge is 0.480 e. The van der Waals surface area contributed by atoms with Crippen molar-refractivity contribution in [3.63, 3.8) is 0 Å². The summed E-state index contributed by atoms with van der Waals surface area (Å²) in [5, 5.41) is 4.07. The first-order valence-electron chi connectivity index (χ1n) is 10.7. The second kappa shape index (κ2) is 16.0. The number of carbonyl (C=O) groups is 1. The number of carbonyl (C=O) groups excluding carboxylic acids is 1. The van der Waals surface area contributed by atoms with Gasteiger partial charge in [-0.1, -0.05) is 18.2 Å². The van der Waals surface area contributed by atoms with E-state index < -0.39 is 6.36 Å². The lowest BCUT2D eigenvalue weighted by atomic mass is 10.2. The van der Waals surface area contributed by atoms with Gasteiger partial charge in [-0.05, 0) is 57.5 Å². The number of anilines is 2. The minimum absolute atomic E-state index is 0. The van der Waals surface area contributed by atoms with Gasteiger partial charge in [0.25, 0.3) is 0 Å². The lowest BCUT2D eigenvalue weighted by Crippen LogP contribution is -2.17. The van der Waals surface area contributed by atoms with Gasteiger partial charge in [0.1, 0.15) is 11.6 Å². The monoisotopic (exact) mass is 544 g/mol. The van der Waals surface area contributed by atoms with Crippen molar-refractivity contribution in [2.45, 2.75) is 34.1 Å². The Morgan fingerprint density at radius 2 is 1.78 bits per heavy atom. The molecule has 13 heteroatoms. The van der Waals surface area contributed by atoms with E-state index in [1.165, 1.54) is 41.4 Å². The number of halogens is 4. The van der Waals surface area contributed by atoms with Crippen LogP contribution in [0.15, 0.2) is 66.6 Å². The Labute approximate surface area is 219 Å². The fourth-order valence-corrected chi connectivity index (χ4v) is 2.68. The quantitative estimate of drug-likeness (QED) is 0.150. The summed E-state index contributed by atoms with van der Waals surface area (Å²) in [6.45, 7) is 7.49. The van der Waals surface area contributed by atoms with Crippen molar-refractivity contribution in [2.75, 3.05) is 17.8 Å². The van der Waals surface area contributed by atoms with E-state index in [1.54, 1.807) is 26.0 Å². The number of nitrogens with two attached hydrogens (primary N) is 3. The number of ether oxygens (including phenoxy) is 2. The minimum Gasteiger partial charge on any atom is -0.480 e. The zero-order chi connectivity index (χ0) is 27.3. The lowest BCUT2D eigenvalue weighted by Gasteiger charge is -2.10. The van der Waals surface area contributed by atoms with Gasteiger partial charge in [-0.3, -0.25) is 10.6 Å². The summed E-state index contributed by atoms with van der Waals surface area (Å²) < 4.78 is 46.2. The first-order chi connectivity index (χ1) is 16.8. The van der Waals surface area contributed by atoms with Crippen LogP contribution in [0.1, 0.15) is 25.1 Å². The normalized spacial score (nSPS) is 10.5. The summed E-state index contributed by atoms with van der Waals surface area (Å²) in [4.78, 5) is 10.3. The van der Waals surface area contributed by atoms with Crippen molar-refractivity contribution in [3.8, 4) is 11.4 Å². The standard InChI is InChI=1S/C11H10F3N3O.C7H10N2.C6H11NO2.ClH/c1-7-5-10(15)17(16-7)8-3-2-4-9(6-8)18-11(12,13)14;1-6-3-2-4-7(5-6)9-8;1-3-9-6(7)4-5(2)8;/h2-6H,15H2,1H3;2-5,9H,8H2,1H3;4H,3,7H2,1-2H3;1H/b;;6-4+;. The Hall–Kier alpha value is -3.90. The molecule has 3 aromatic rings. The van der Waals surface area contributed by atoms with E-state index in [0.717, 1.165) is 5.69 Å². The summed E-state index contributed by atoms with van der Waals surface area (Å²) in [6, 6.07) is 15.0. The van der Waals surface area contributed by atoms with Crippen LogP contribution in [0.4, 0.5) is 24.7 Å². The van der Waals surface area contributed by atoms with Crippen LogP contribution in [0.2, 0.25) is 0 Å². The molecule has 0 aliphatic carbocycles. The molecular formula is C24H32ClF3N6O3. The number of nitrogen functional groups attached to an aromatic ring is 2. The van der Waals surface area contributed by atoms with Crippen LogP contribution in [0.5, 0.6) is 5.75 Å². The number of hydrogen-bond donors (Lipinski definition) is 4. The van der Waals surface area contributed by atoms with E-state index in [2.05, 4.69) is 15.3 Å². The highest BCUT2D eigenvalue weighted by Gasteiger charge is 2.31. The fraction of sp³-hybridized carbons (Fsp3) is 0.250. The maximum atomic E-state index is 12.1. The molecule has 0 saturated heterocycles. The van der Waals surface area contributed by atoms with Crippen molar-refractivity contribution >= 4 is 29.7 Å². The highest BCUT2D eigenvalue weighted by atomic mass is 35.5. The number of nitrogens with one attached hydrogen (secondary N) is 1. The van der Waals surface area contributed by atoms with Crippen LogP contribution in [-0.2, 0) is 9.53 Å². The molecule has 0 radical (unpaired) electrons. The summed E-state index contributed by atoms with van der Waals surface area (Å²) in [6.07, 6.45) is -3.46. The van der Waals surface area contributed by atoms with Crippen molar-refractivity contribution in [1.29, 1.82) is 0 Å². The van der Waals surface area contributed by atoms with E-state index in [-0.39, 0.29) is 29.8 Å². The second-order valence-electron chi connectivity index (χ2n) is 7.27. The van der Waals surface area contributed by atoms with Crippen LogP contribution >= 0.6 is 12.4 Å². The number of benzene rings is 2. The van der Waals surface area contributed by atoms with Gasteiger partial charge >= 0.3 is 6.36 Å².